The van der Waals surface area contributed by atoms with E-state index < -0.39 is 0 Å². The average molecular weight is 364 g/mol. The van der Waals surface area contributed by atoms with Gasteiger partial charge in [-0.15, -0.1) is 0 Å². The van der Waals surface area contributed by atoms with Crippen LogP contribution in [0.15, 0.2) is 101 Å². The summed E-state index contributed by atoms with van der Waals surface area (Å²) in [4.78, 5) is 4.52. The predicted octanol–water partition coefficient (Wildman–Crippen LogP) is 5.60. The van der Waals surface area contributed by atoms with Crippen molar-refractivity contribution in [3.63, 3.8) is 0 Å². The van der Waals surface area contributed by atoms with E-state index in [4.69, 9.17) is 4.42 Å². The van der Waals surface area contributed by atoms with Crippen molar-refractivity contribution in [1.82, 2.24) is 4.98 Å². The molecule has 4 nitrogen and oxygen atoms in total. The van der Waals surface area contributed by atoms with E-state index in [1.54, 1.807) is 6.07 Å². The Balaban J connectivity index is 1.72. The van der Waals surface area contributed by atoms with Crippen LogP contribution in [0, 0.1) is 0 Å². The lowest BCUT2D eigenvalue weighted by Crippen LogP contribution is -2.03. The van der Waals surface area contributed by atoms with Crippen LogP contribution in [-0.4, -0.2) is 10.2 Å². The van der Waals surface area contributed by atoms with E-state index in [2.05, 4.69) is 10.1 Å². The molecule has 0 amide bonds. The van der Waals surface area contributed by atoms with Crippen molar-refractivity contribution >= 4 is 21.7 Å². The second-order valence-electron chi connectivity index (χ2n) is 6.59. The molecule has 0 saturated carbocycles. The van der Waals surface area contributed by atoms with Crippen molar-refractivity contribution in [1.29, 1.82) is 0 Å². The van der Waals surface area contributed by atoms with Crippen LogP contribution in [0.5, 0.6) is 0 Å². The van der Waals surface area contributed by atoms with Gasteiger partial charge in [0.05, 0.1) is 0 Å². The number of hydrogen-bond donors (Lipinski definition) is 1. The Morgan fingerprint density at radius 1 is 0.750 bits per heavy atom. The fourth-order valence-corrected chi connectivity index (χ4v) is 3.41. The third-order valence-corrected chi connectivity index (χ3v) is 4.84. The van der Waals surface area contributed by atoms with Crippen LogP contribution in [-0.2, 0) is 0 Å². The standard InChI is InChI=1S/C24H16N2O2/c27-26-21-14-24(22-12-17-8-4-5-9-19(17)15-25-22)28-23-13-18(10-11-20(21)23)16-6-2-1-3-7-16/h1-15,27H/b26-21+. The first-order valence-corrected chi connectivity index (χ1v) is 8.98. The molecule has 0 fully saturated rings. The molecular weight excluding hydrogens is 348 g/mol. The largest absolute Gasteiger partial charge is 0.454 e. The Morgan fingerprint density at radius 2 is 1.54 bits per heavy atom. The van der Waals surface area contributed by atoms with E-state index in [1.807, 2.05) is 85.1 Å². The summed E-state index contributed by atoms with van der Waals surface area (Å²) in [7, 11) is 0. The maximum atomic E-state index is 9.53. The van der Waals surface area contributed by atoms with Crippen molar-refractivity contribution in [3.8, 4) is 22.6 Å². The first kappa shape index (κ1) is 16.3. The topological polar surface area (TPSA) is 58.6 Å². The summed E-state index contributed by atoms with van der Waals surface area (Å²) < 4.78 is 6.17. The summed E-state index contributed by atoms with van der Waals surface area (Å²) in [5, 5.41) is 16.3. The summed E-state index contributed by atoms with van der Waals surface area (Å²) in [6, 6.07) is 27.7. The van der Waals surface area contributed by atoms with Crippen molar-refractivity contribution in [3.05, 3.63) is 96.5 Å². The molecule has 0 aliphatic carbocycles. The van der Waals surface area contributed by atoms with E-state index in [0.29, 0.717) is 22.4 Å². The highest BCUT2D eigenvalue weighted by atomic mass is 16.4. The summed E-state index contributed by atoms with van der Waals surface area (Å²) in [5.41, 5.74) is 3.46. The number of benzene rings is 3. The maximum absolute atomic E-state index is 9.53. The Bertz CT molecular complexity index is 1370. The van der Waals surface area contributed by atoms with E-state index >= 15 is 0 Å². The first-order chi connectivity index (χ1) is 13.8. The average Bonchev–Trinajstić information content (AvgIpc) is 2.78. The fraction of sp³-hybridized carbons (Fsp3) is 0. The Kier molecular flexibility index (Phi) is 3.87. The molecule has 2 aromatic heterocycles. The molecule has 28 heavy (non-hydrogen) atoms. The molecule has 0 spiro atoms. The molecule has 0 aliphatic rings. The second kappa shape index (κ2) is 6.67. The van der Waals surface area contributed by atoms with Gasteiger partial charge in [-0.1, -0.05) is 65.8 Å². The highest BCUT2D eigenvalue weighted by Crippen LogP contribution is 2.27. The zero-order valence-corrected chi connectivity index (χ0v) is 14.9. The van der Waals surface area contributed by atoms with Gasteiger partial charge in [0.2, 0.25) is 0 Å². The van der Waals surface area contributed by atoms with Crippen molar-refractivity contribution in [2.45, 2.75) is 0 Å². The van der Waals surface area contributed by atoms with Gasteiger partial charge in [-0.3, -0.25) is 4.98 Å². The molecule has 1 N–H and O–H groups in total. The molecule has 0 aliphatic heterocycles. The highest BCUT2D eigenvalue weighted by molar-refractivity contribution is 5.86. The molecular formula is C24H16N2O2. The van der Waals surface area contributed by atoms with Crippen LogP contribution in [0.4, 0.5) is 0 Å². The Labute approximate surface area is 161 Å². The molecule has 4 heteroatoms. The first-order valence-electron chi connectivity index (χ1n) is 8.98. The lowest BCUT2D eigenvalue weighted by Gasteiger charge is -2.07. The molecule has 0 saturated heterocycles. The quantitative estimate of drug-likeness (QED) is 0.327. The van der Waals surface area contributed by atoms with Crippen LogP contribution < -0.4 is 5.36 Å². The summed E-state index contributed by atoms with van der Waals surface area (Å²) in [6.07, 6.45) is 1.82. The molecule has 2 heterocycles. The summed E-state index contributed by atoms with van der Waals surface area (Å²) in [6.45, 7) is 0. The lowest BCUT2D eigenvalue weighted by molar-refractivity contribution is 0.302. The monoisotopic (exact) mass is 364 g/mol. The SMILES string of the molecule is O/N=c1\cc(-c2cc3ccccc3cn2)oc2cc(-c3ccccc3)ccc12. The van der Waals surface area contributed by atoms with Gasteiger partial charge in [0.1, 0.15) is 16.6 Å². The minimum atomic E-state index is 0.450. The van der Waals surface area contributed by atoms with Gasteiger partial charge in [-0.05, 0) is 34.7 Å². The number of hydrogen-bond acceptors (Lipinski definition) is 4. The van der Waals surface area contributed by atoms with Crippen LogP contribution in [0.25, 0.3) is 44.3 Å². The molecule has 0 bridgehead atoms. The molecule has 0 radical (unpaired) electrons. The van der Waals surface area contributed by atoms with E-state index in [9.17, 15) is 5.21 Å². The van der Waals surface area contributed by atoms with Crippen LogP contribution >= 0.6 is 0 Å². The maximum Gasteiger partial charge on any atom is 0.155 e. The van der Waals surface area contributed by atoms with Crippen LogP contribution in [0.1, 0.15) is 0 Å². The third kappa shape index (κ3) is 2.81. The minimum absolute atomic E-state index is 0.450. The third-order valence-electron chi connectivity index (χ3n) is 4.84. The van der Waals surface area contributed by atoms with Gasteiger partial charge in [0, 0.05) is 23.0 Å². The zero-order chi connectivity index (χ0) is 18.9. The summed E-state index contributed by atoms with van der Waals surface area (Å²) in [5.74, 6) is 0.552. The van der Waals surface area contributed by atoms with Crippen LogP contribution in [0.3, 0.4) is 0 Å². The van der Waals surface area contributed by atoms with E-state index in [1.165, 1.54) is 0 Å². The number of rotatable bonds is 2. The highest BCUT2D eigenvalue weighted by Gasteiger charge is 2.10. The number of fused-ring (bicyclic) bond motifs is 2. The number of aromatic nitrogens is 1. The van der Waals surface area contributed by atoms with Crippen LogP contribution in [0.2, 0.25) is 0 Å². The minimum Gasteiger partial charge on any atom is -0.454 e. The van der Waals surface area contributed by atoms with Gasteiger partial charge < -0.3 is 9.62 Å². The molecule has 5 aromatic rings. The van der Waals surface area contributed by atoms with Gasteiger partial charge in [0.15, 0.2) is 5.76 Å². The lowest BCUT2D eigenvalue weighted by atomic mass is 10.0. The van der Waals surface area contributed by atoms with Gasteiger partial charge in [-0.25, -0.2) is 0 Å². The Morgan fingerprint density at radius 3 is 2.36 bits per heavy atom. The number of nitrogens with zero attached hydrogens (tertiary/aromatic N) is 2. The van der Waals surface area contributed by atoms with Gasteiger partial charge >= 0.3 is 0 Å². The smallest absolute Gasteiger partial charge is 0.155 e. The van der Waals surface area contributed by atoms with Gasteiger partial charge in [0.25, 0.3) is 0 Å². The zero-order valence-electron chi connectivity index (χ0n) is 14.9. The number of pyridine rings is 1. The summed E-state index contributed by atoms with van der Waals surface area (Å²) >= 11 is 0. The van der Waals surface area contributed by atoms with E-state index in [0.717, 1.165) is 27.3 Å². The molecule has 0 atom stereocenters. The Hall–Kier alpha value is -3.92. The van der Waals surface area contributed by atoms with E-state index in [-0.39, 0.29) is 0 Å². The van der Waals surface area contributed by atoms with Gasteiger partial charge in [-0.2, -0.15) is 0 Å². The molecule has 3 aromatic carbocycles. The van der Waals surface area contributed by atoms with Crippen molar-refractivity contribution in [2.75, 3.05) is 0 Å². The second-order valence-corrected chi connectivity index (χ2v) is 6.59. The van der Waals surface area contributed by atoms with Crippen molar-refractivity contribution < 1.29 is 9.62 Å². The molecule has 134 valence electrons. The molecule has 0 unspecified atom stereocenters. The predicted molar refractivity (Wildman–Crippen MR) is 110 cm³/mol. The van der Waals surface area contributed by atoms with Crippen molar-refractivity contribution in [2.24, 2.45) is 5.16 Å². The fourth-order valence-electron chi connectivity index (χ4n) is 3.41. The molecule has 5 rings (SSSR count). The normalized spacial score (nSPS) is 11.9.